The highest BCUT2D eigenvalue weighted by atomic mass is 32.1. The summed E-state index contributed by atoms with van der Waals surface area (Å²) in [5, 5.41) is 19.7. The number of aromatic nitrogens is 2. The van der Waals surface area contributed by atoms with Gasteiger partial charge < -0.3 is 0 Å². The number of nitriles is 2. The molecular formula is C46H48N6S4. The van der Waals surface area contributed by atoms with E-state index in [4.69, 9.17) is 17.5 Å². The van der Waals surface area contributed by atoms with Crippen LogP contribution in [-0.4, -0.2) is 8.75 Å². The Bertz CT molecular complexity index is 2290. The molecule has 7 rings (SSSR count). The summed E-state index contributed by atoms with van der Waals surface area (Å²) in [7, 11) is 0. The van der Waals surface area contributed by atoms with Gasteiger partial charge in [-0.15, -0.1) is 22.7 Å². The average molecular weight is 813 g/mol. The Morgan fingerprint density at radius 1 is 0.500 bits per heavy atom. The van der Waals surface area contributed by atoms with Crippen LogP contribution in [-0.2, 0) is 24.2 Å². The lowest BCUT2D eigenvalue weighted by molar-refractivity contribution is 0.589. The van der Waals surface area contributed by atoms with Gasteiger partial charge in [0.2, 0.25) is 0 Å². The predicted octanol–water partition coefficient (Wildman–Crippen LogP) is 15.5. The van der Waals surface area contributed by atoms with Crippen molar-refractivity contribution in [1.29, 1.82) is 10.5 Å². The lowest BCUT2D eigenvalue weighted by atomic mass is 9.98. The Morgan fingerprint density at radius 2 is 0.911 bits per heavy atom. The van der Waals surface area contributed by atoms with Gasteiger partial charge in [-0.25, -0.2) is 0 Å². The lowest BCUT2D eigenvalue weighted by Crippen LogP contribution is -1.92. The van der Waals surface area contributed by atoms with Crippen molar-refractivity contribution in [3.05, 3.63) is 82.9 Å². The summed E-state index contributed by atoms with van der Waals surface area (Å²) in [4.78, 5) is 4.47. The molecule has 0 N–H and O–H groups in total. The smallest absolute Gasteiger partial charge is 0.116 e. The van der Waals surface area contributed by atoms with Crippen LogP contribution in [0.3, 0.4) is 0 Å². The van der Waals surface area contributed by atoms with Crippen LogP contribution in [0.25, 0.3) is 52.8 Å². The fourth-order valence-corrected chi connectivity index (χ4v) is 10.9. The molecule has 286 valence electrons. The van der Waals surface area contributed by atoms with E-state index in [9.17, 15) is 10.5 Å². The number of nitrogens with zero attached hydrogens (tertiary/aromatic N) is 6. The van der Waals surface area contributed by atoms with Crippen molar-refractivity contribution in [3.8, 4) is 53.9 Å². The minimum Gasteiger partial charge on any atom is -0.192 e. The largest absolute Gasteiger partial charge is 0.192 e. The summed E-state index contributed by atoms with van der Waals surface area (Å²) in [6, 6.07) is 26.1. The number of unbranched alkanes of at least 4 members (excludes halogenated alkanes) is 12. The molecule has 0 atom stereocenters. The molecule has 1 aliphatic rings. The van der Waals surface area contributed by atoms with Crippen LogP contribution in [0.2, 0.25) is 0 Å². The monoisotopic (exact) mass is 812 g/mol. The highest BCUT2D eigenvalue weighted by molar-refractivity contribution is 7.58. The first-order valence-electron chi connectivity index (χ1n) is 20.3. The summed E-state index contributed by atoms with van der Waals surface area (Å²) < 4.78 is 19.4. The van der Waals surface area contributed by atoms with Crippen molar-refractivity contribution in [3.63, 3.8) is 0 Å². The minimum atomic E-state index is 0.775. The maximum absolute atomic E-state index is 9.87. The lowest BCUT2D eigenvalue weighted by Gasteiger charge is -2.10. The van der Waals surface area contributed by atoms with Gasteiger partial charge in [0.1, 0.15) is 22.4 Å². The molecule has 4 heterocycles. The quantitative estimate of drug-likeness (QED) is 0.0716. The SMILES string of the molecule is CCCCCCCCCc1cc(-c2ccc(-c3c4c(c(-c5ccc(-c6ccc(C#N)c(CCCCCCCCC)c6)s5)c5nsnc35)N=S=N4)s2)ccc1C#N. The normalized spacial score (nSPS) is 11.9. The Morgan fingerprint density at radius 3 is 1.34 bits per heavy atom. The third kappa shape index (κ3) is 9.11. The molecule has 1 aliphatic heterocycles. The van der Waals surface area contributed by atoms with Gasteiger partial charge in [-0.1, -0.05) is 103 Å². The molecule has 6 aromatic rings. The second-order valence-electron chi connectivity index (χ2n) is 14.7. The van der Waals surface area contributed by atoms with Gasteiger partial charge in [0, 0.05) is 30.6 Å². The van der Waals surface area contributed by atoms with Gasteiger partial charge in [0.05, 0.1) is 46.3 Å². The van der Waals surface area contributed by atoms with E-state index in [-0.39, 0.29) is 0 Å². The molecule has 3 aromatic heterocycles. The van der Waals surface area contributed by atoms with Gasteiger partial charge in [0.15, 0.2) is 0 Å². The fraction of sp³-hybridized carbons (Fsp3) is 0.391. The Hall–Kier alpha value is -4.32. The van der Waals surface area contributed by atoms with Gasteiger partial charge in [-0.05, 0) is 96.5 Å². The number of hydrogen-bond acceptors (Lipinski definition) is 9. The van der Waals surface area contributed by atoms with Crippen LogP contribution in [0.15, 0.2) is 69.4 Å². The van der Waals surface area contributed by atoms with Crippen molar-refractivity contribution < 1.29 is 0 Å². The van der Waals surface area contributed by atoms with Crippen LogP contribution in [0.5, 0.6) is 0 Å². The first-order chi connectivity index (χ1) is 27.6. The third-order valence-corrected chi connectivity index (χ3v) is 14.1. The Kier molecular flexibility index (Phi) is 14.0. The molecule has 0 radical (unpaired) electrons. The van der Waals surface area contributed by atoms with E-state index in [1.807, 2.05) is 12.1 Å². The standard InChI is InChI=1S/C46H48N6S4/c1-3-5-7-9-11-13-15-17-31-27-33(19-21-35(31)29-47)37-23-25-39(53-37)41-43-45(51-55-49-43)42(46-44(41)50-56-52-46)40-26-24-38(54-40)34-20-22-36(30-48)32(28-34)18-16-14-12-10-8-6-4-2/h19-28H,3-18H2,1-2H3. The highest BCUT2D eigenvalue weighted by Crippen LogP contribution is 2.54. The molecule has 0 saturated heterocycles. The number of thiophene rings is 2. The number of aryl methyl sites for hydroxylation is 2. The zero-order chi connectivity index (χ0) is 38.7. The topological polar surface area (TPSA) is 98.1 Å². The zero-order valence-corrected chi connectivity index (χ0v) is 35.7. The molecular weight excluding hydrogens is 765 g/mol. The number of fused-ring (bicyclic) bond motifs is 2. The summed E-state index contributed by atoms with van der Waals surface area (Å²) in [6.45, 7) is 4.51. The van der Waals surface area contributed by atoms with E-state index in [0.29, 0.717) is 0 Å². The molecule has 6 nitrogen and oxygen atoms in total. The maximum Gasteiger partial charge on any atom is 0.116 e. The zero-order valence-electron chi connectivity index (χ0n) is 32.4. The first kappa shape index (κ1) is 39.9. The maximum atomic E-state index is 9.87. The summed E-state index contributed by atoms with van der Waals surface area (Å²) >= 11 is 5.91. The minimum absolute atomic E-state index is 0.775. The average Bonchev–Trinajstić information content (AvgIpc) is 4.07. The van der Waals surface area contributed by atoms with E-state index >= 15 is 0 Å². The molecule has 56 heavy (non-hydrogen) atoms. The molecule has 0 fully saturated rings. The van der Waals surface area contributed by atoms with Gasteiger partial charge in [-0.3, -0.25) is 0 Å². The summed E-state index contributed by atoms with van der Waals surface area (Å²) in [5.74, 6) is 0. The second-order valence-corrected chi connectivity index (χ2v) is 17.9. The van der Waals surface area contributed by atoms with E-state index in [2.05, 4.69) is 74.5 Å². The molecule has 0 bridgehead atoms. The Balaban J connectivity index is 1.13. The molecule has 0 saturated carbocycles. The van der Waals surface area contributed by atoms with Crippen molar-refractivity contribution >= 4 is 68.2 Å². The predicted molar refractivity (Wildman–Crippen MR) is 239 cm³/mol. The Labute approximate surface area is 347 Å². The van der Waals surface area contributed by atoms with E-state index in [1.165, 1.54) is 100 Å². The van der Waals surface area contributed by atoms with E-state index in [0.717, 1.165) is 112 Å². The van der Waals surface area contributed by atoms with Gasteiger partial charge in [0.25, 0.3) is 0 Å². The van der Waals surface area contributed by atoms with Crippen molar-refractivity contribution in [2.75, 3.05) is 0 Å². The molecule has 3 aromatic carbocycles. The van der Waals surface area contributed by atoms with Crippen LogP contribution < -0.4 is 0 Å². The van der Waals surface area contributed by atoms with Crippen LogP contribution >= 0.6 is 34.4 Å². The summed E-state index contributed by atoms with van der Waals surface area (Å²) in [6.07, 6.45) is 19.4. The van der Waals surface area contributed by atoms with Crippen molar-refractivity contribution in [2.45, 2.75) is 117 Å². The highest BCUT2D eigenvalue weighted by Gasteiger charge is 2.28. The van der Waals surface area contributed by atoms with E-state index in [1.54, 1.807) is 22.7 Å². The number of benzene rings is 3. The third-order valence-electron chi connectivity index (χ3n) is 10.7. The van der Waals surface area contributed by atoms with Crippen molar-refractivity contribution in [1.82, 2.24) is 8.75 Å². The molecule has 0 unspecified atom stereocenters. The molecule has 0 aliphatic carbocycles. The second kappa shape index (κ2) is 19.7. The molecule has 0 spiro atoms. The van der Waals surface area contributed by atoms with Crippen LogP contribution in [0.4, 0.5) is 11.4 Å². The van der Waals surface area contributed by atoms with Crippen molar-refractivity contribution in [2.24, 2.45) is 8.73 Å². The summed E-state index contributed by atoms with van der Waals surface area (Å²) in [5.41, 5.74) is 11.4. The molecule has 0 amide bonds. The first-order valence-corrected chi connectivity index (χ1v) is 23.4. The molecule has 10 heteroatoms. The van der Waals surface area contributed by atoms with Crippen LogP contribution in [0, 0.1) is 22.7 Å². The van der Waals surface area contributed by atoms with E-state index < -0.39 is 0 Å². The van der Waals surface area contributed by atoms with Gasteiger partial charge in [-0.2, -0.15) is 28.0 Å². The fourth-order valence-electron chi connectivity index (χ4n) is 7.65. The van der Waals surface area contributed by atoms with Gasteiger partial charge >= 0.3 is 0 Å². The number of rotatable bonds is 20. The van der Waals surface area contributed by atoms with Crippen LogP contribution in [0.1, 0.15) is 126 Å². The number of hydrogen-bond donors (Lipinski definition) is 0.